The van der Waals surface area contributed by atoms with E-state index in [-0.39, 0.29) is 21.2 Å². The zero-order valence-electron chi connectivity index (χ0n) is 13.1. The molecule has 126 valence electrons. The van der Waals surface area contributed by atoms with Crippen LogP contribution in [0.1, 0.15) is 16.7 Å². The molecule has 1 heterocycles. The summed E-state index contributed by atoms with van der Waals surface area (Å²) in [5.41, 5.74) is 3.12. The molecule has 5 nitrogen and oxygen atoms in total. The highest BCUT2D eigenvalue weighted by molar-refractivity contribution is 7.92. The molecule has 0 amide bonds. The van der Waals surface area contributed by atoms with Gasteiger partial charge in [-0.15, -0.1) is 0 Å². The van der Waals surface area contributed by atoms with E-state index >= 15 is 0 Å². The van der Waals surface area contributed by atoms with Gasteiger partial charge in [0.25, 0.3) is 10.0 Å². The number of anilines is 1. The Kier molecular flexibility index (Phi) is 4.19. The van der Waals surface area contributed by atoms with Crippen LogP contribution in [0, 0.1) is 20.8 Å². The molecule has 0 bridgehead atoms. The number of halogens is 1. The van der Waals surface area contributed by atoms with Gasteiger partial charge in [-0.05, 0) is 55.7 Å². The Morgan fingerprint density at radius 3 is 2.42 bits per heavy atom. The minimum absolute atomic E-state index is 0.181. The van der Waals surface area contributed by atoms with Crippen LogP contribution in [0.4, 0.5) is 5.69 Å². The number of hydrogen-bond donors (Lipinski definition) is 1. The predicted octanol–water partition coefficient (Wildman–Crippen LogP) is 4.23. The van der Waals surface area contributed by atoms with Crippen LogP contribution in [-0.2, 0) is 10.0 Å². The van der Waals surface area contributed by atoms with Gasteiger partial charge < -0.3 is 4.42 Å². The summed E-state index contributed by atoms with van der Waals surface area (Å²) in [4.78, 5) is 11.0. The normalized spacial score (nSPS) is 11.8. The van der Waals surface area contributed by atoms with E-state index in [2.05, 4.69) is 4.72 Å². The molecule has 1 N–H and O–H groups in total. The van der Waals surface area contributed by atoms with Crippen molar-refractivity contribution in [3.8, 4) is 0 Å². The van der Waals surface area contributed by atoms with Gasteiger partial charge in [-0.2, -0.15) is 0 Å². The fourth-order valence-corrected chi connectivity index (χ4v) is 4.83. The molecule has 0 aliphatic rings. The smallest absolute Gasteiger partial charge is 0.396 e. The molecule has 0 atom stereocenters. The Bertz CT molecular complexity index is 1110. The zero-order chi connectivity index (χ0) is 17.6. The highest BCUT2D eigenvalue weighted by atomic mass is 35.5. The van der Waals surface area contributed by atoms with Crippen LogP contribution < -0.4 is 9.66 Å². The van der Waals surface area contributed by atoms with Gasteiger partial charge in [0.05, 0.1) is 20.3 Å². The van der Waals surface area contributed by atoms with Crippen LogP contribution in [0.2, 0.25) is 5.02 Å². The maximum Gasteiger partial charge on any atom is 0.396 e. The van der Waals surface area contributed by atoms with Crippen molar-refractivity contribution in [2.45, 2.75) is 25.7 Å². The molecular formula is C16H14ClNO4S2. The number of hydrogen-bond acceptors (Lipinski definition) is 5. The second-order valence-electron chi connectivity index (χ2n) is 5.55. The summed E-state index contributed by atoms with van der Waals surface area (Å²) in [6.45, 7) is 5.54. The van der Waals surface area contributed by atoms with Crippen LogP contribution in [0.15, 0.2) is 38.4 Å². The summed E-state index contributed by atoms with van der Waals surface area (Å²) in [5, 5.41) is 0.181. The largest absolute Gasteiger partial charge is 0.412 e. The van der Waals surface area contributed by atoms with Crippen molar-refractivity contribution in [3.05, 3.63) is 55.7 Å². The Hall–Kier alpha value is -1.83. The molecule has 24 heavy (non-hydrogen) atoms. The van der Waals surface area contributed by atoms with Crippen LogP contribution in [0.3, 0.4) is 0 Å². The highest BCUT2D eigenvalue weighted by Gasteiger charge is 2.19. The monoisotopic (exact) mass is 383 g/mol. The Labute approximate surface area is 147 Å². The van der Waals surface area contributed by atoms with Crippen LogP contribution in [-0.4, -0.2) is 8.42 Å². The van der Waals surface area contributed by atoms with Crippen molar-refractivity contribution < 1.29 is 12.8 Å². The Morgan fingerprint density at radius 1 is 1.04 bits per heavy atom. The average molecular weight is 384 g/mol. The van der Waals surface area contributed by atoms with Crippen molar-refractivity contribution in [2.24, 2.45) is 0 Å². The second kappa shape index (κ2) is 5.91. The summed E-state index contributed by atoms with van der Waals surface area (Å²) in [6, 6.07) is 6.43. The van der Waals surface area contributed by atoms with E-state index in [4.69, 9.17) is 16.0 Å². The molecule has 0 unspecified atom stereocenters. The van der Waals surface area contributed by atoms with Gasteiger partial charge in [-0.25, -0.2) is 13.2 Å². The zero-order valence-corrected chi connectivity index (χ0v) is 15.5. The molecule has 0 radical (unpaired) electrons. The van der Waals surface area contributed by atoms with Crippen LogP contribution in [0.25, 0.3) is 10.3 Å². The first-order chi connectivity index (χ1) is 11.2. The van der Waals surface area contributed by atoms with Gasteiger partial charge >= 0.3 is 4.94 Å². The predicted molar refractivity (Wildman–Crippen MR) is 96.8 cm³/mol. The topological polar surface area (TPSA) is 76.4 Å². The maximum absolute atomic E-state index is 12.7. The first kappa shape index (κ1) is 17.0. The number of benzene rings is 2. The Morgan fingerprint density at radius 2 is 1.71 bits per heavy atom. The molecule has 2 aromatic carbocycles. The quantitative estimate of drug-likeness (QED) is 0.734. The van der Waals surface area contributed by atoms with E-state index in [9.17, 15) is 13.2 Å². The third kappa shape index (κ3) is 3.07. The summed E-state index contributed by atoms with van der Waals surface area (Å²) in [5.74, 6) is 0. The number of aryl methyl sites for hydroxylation is 3. The van der Waals surface area contributed by atoms with E-state index in [0.717, 1.165) is 22.5 Å². The van der Waals surface area contributed by atoms with Gasteiger partial charge in [-0.3, -0.25) is 4.72 Å². The fraction of sp³-hybridized carbons (Fsp3) is 0.188. The minimum Gasteiger partial charge on any atom is -0.412 e. The second-order valence-corrected chi connectivity index (χ2v) is 8.58. The SMILES string of the molecule is Cc1cc(C)c(S(=O)(=O)Nc2cc(Cl)c3oc(=O)sc3c2)cc1C. The minimum atomic E-state index is -3.77. The average Bonchev–Trinajstić information content (AvgIpc) is 2.83. The molecule has 0 aliphatic carbocycles. The third-order valence-corrected chi connectivity index (χ3v) is 6.30. The Balaban J connectivity index is 2.07. The van der Waals surface area contributed by atoms with Crippen LogP contribution in [0.5, 0.6) is 0 Å². The lowest BCUT2D eigenvalue weighted by Crippen LogP contribution is -2.14. The van der Waals surface area contributed by atoms with Crippen molar-refractivity contribution in [1.29, 1.82) is 0 Å². The first-order valence-corrected chi connectivity index (χ1v) is 9.69. The molecule has 0 fully saturated rings. The van der Waals surface area contributed by atoms with Gasteiger partial charge in [0.2, 0.25) is 0 Å². The van der Waals surface area contributed by atoms with Gasteiger partial charge in [0.1, 0.15) is 0 Å². The summed E-state index contributed by atoms with van der Waals surface area (Å²) in [7, 11) is -3.77. The van der Waals surface area contributed by atoms with Crippen LogP contribution >= 0.6 is 22.9 Å². The van der Waals surface area contributed by atoms with Crippen molar-refractivity contribution >= 4 is 48.9 Å². The van der Waals surface area contributed by atoms with E-state index in [0.29, 0.717) is 10.3 Å². The van der Waals surface area contributed by atoms with E-state index in [1.807, 2.05) is 19.9 Å². The molecule has 1 aromatic heterocycles. The first-order valence-electron chi connectivity index (χ1n) is 7.01. The number of rotatable bonds is 3. The standard InChI is InChI=1S/C16H14ClNO4S2/c1-8-4-10(3)14(5-9(8)2)24(20,21)18-11-6-12(17)15-13(7-11)23-16(19)22-15/h4-7,18H,1-3H3. The molecule has 3 aromatic rings. The lowest BCUT2D eigenvalue weighted by atomic mass is 10.1. The fourth-order valence-electron chi connectivity index (χ4n) is 2.43. The van der Waals surface area contributed by atoms with E-state index < -0.39 is 15.0 Å². The molecular weight excluding hydrogens is 370 g/mol. The van der Waals surface area contributed by atoms with Gasteiger partial charge in [0, 0.05) is 0 Å². The molecule has 0 aliphatic heterocycles. The van der Waals surface area contributed by atoms with Gasteiger partial charge in [-0.1, -0.05) is 29.0 Å². The van der Waals surface area contributed by atoms with E-state index in [1.54, 1.807) is 13.0 Å². The van der Waals surface area contributed by atoms with Crippen molar-refractivity contribution in [3.63, 3.8) is 0 Å². The van der Waals surface area contributed by atoms with Crippen molar-refractivity contribution in [1.82, 2.24) is 0 Å². The maximum atomic E-state index is 12.7. The number of fused-ring (bicyclic) bond motifs is 1. The number of sulfonamides is 1. The highest BCUT2D eigenvalue weighted by Crippen LogP contribution is 2.31. The van der Waals surface area contributed by atoms with Gasteiger partial charge in [0.15, 0.2) is 5.58 Å². The van der Waals surface area contributed by atoms with E-state index in [1.165, 1.54) is 12.1 Å². The molecule has 8 heteroatoms. The third-order valence-electron chi connectivity index (χ3n) is 3.72. The lowest BCUT2D eigenvalue weighted by molar-refractivity contribution is 0.585. The molecule has 0 saturated heterocycles. The molecule has 0 saturated carbocycles. The summed E-state index contributed by atoms with van der Waals surface area (Å²) >= 11 is 6.94. The van der Waals surface area contributed by atoms with Crippen molar-refractivity contribution in [2.75, 3.05) is 4.72 Å². The summed E-state index contributed by atoms with van der Waals surface area (Å²) < 4.78 is 33.4. The lowest BCUT2D eigenvalue weighted by Gasteiger charge is -2.13. The number of nitrogens with one attached hydrogen (secondary N) is 1. The molecule has 0 spiro atoms. The molecule has 3 rings (SSSR count). The summed E-state index contributed by atoms with van der Waals surface area (Å²) in [6.07, 6.45) is 0.